The summed E-state index contributed by atoms with van der Waals surface area (Å²) in [6.07, 6.45) is 3.49. The molecule has 15 heavy (non-hydrogen) atoms. The Morgan fingerprint density at radius 2 is 2.13 bits per heavy atom. The first kappa shape index (κ1) is 11.6. The van der Waals surface area contributed by atoms with Crippen LogP contribution in [0.2, 0.25) is 0 Å². The average molecular weight is 208 g/mol. The Kier molecular flexibility index (Phi) is 4.70. The first-order valence-electron chi connectivity index (χ1n) is 4.91. The summed E-state index contributed by atoms with van der Waals surface area (Å²) in [6.45, 7) is 5.45. The number of hydrogen-bond acceptors (Lipinski definition) is 4. The fourth-order valence-corrected chi connectivity index (χ4v) is 1.05. The summed E-state index contributed by atoms with van der Waals surface area (Å²) in [5, 5.41) is 5.86. The monoisotopic (exact) mass is 208 g/mol. The van der Waals surface area contributed by atoms with Crippen molar-refractivity contribution in [2.24, 2.45) is 0 Å². The van der Waals surface area contributed by atoms with Gasteiger partial charge in [0, 0.05) is 39.0 Å². The second-order valence-corrected chi connectivity index (χ2v) is 3.31. The molecule has 2 N–H and O–H groups in total. The Bertz CT molecular complexity index is 310. The van der Waals surface area contributed by atoms with Gasteiger partial charge >= 0.3 is 0 Å². The molecule has 0 radical (unpaired) electrons. The number of carbonyl (C=O) groups excluding carboxylic acids is 1. The van der Waals surface area contributed by atoms with Gasteiger partial charge in [0.25, 0.3) is 0 Å². The molecule has 0 spiro atoms. The molecule has 0 unspecified atom stereocenters. The number of nitrogens with one attached hydrogen (secondary N) is 2. The third-order valence-electron chi connectivity index (χ3n) is 1.82. The van der Waals surface area contributed by atoms with Crippen molar-refractivity contribution < 1.29 is 4.79 Å². The van der Waals surface area contributed by atoms with E-state index in [4.69, 9.17) is 0 Å². The first-order valence-corrected chi connectivity index (χ1v) is 4.91. The minimum absolute atomic E-state index is 0.00747. The molecule has 1 aromatic rings. The van der Waals surface area contributed by atoms with E-state index in [2.05, 4.69) is 20.6 Å². The third kappa shape index (κ3) is 5.07. The van der Waals surface area contributed by atoms with Crippen LogP contribution in [-0.4, -0.2) is 29.0 Å². The highest BCUT2D eigenvalue weighted by atomic mass is 16.1. The fourth-order valence-electron chi connectivity index (χ4n) is 1.05. The van der Waals surface area contributed by atoms with Crippen molar-refractivity contribution in [3.63, 3.8) is 0 Å². The van der Waals surface area contributed by atoms with Crippen molar-refractivity contribution in [2.45, 2.75) is 20.4 Å². The van der Waals surface area contributed by atoms with E-state index >= 15 is 0 Å². The van der Waals surface area contributed by atoms with Crippen LogP contribution in [0.5, 0.6) is 0 Å². The highest BCUT2D eigenvalue weighted by molar-refractivity contribution is 5.72. The van der Waals surface area contributed by atoms with E-state index in [1.54, 1.807) is 12.4 Å². The van der Waals surface area contributed by atoms with Crippen molar-refractivity contribution in [3.05, 3.63) is 23.8 Å². The number of nitrogens with zero attached hydrogens (tertiary/aromatic N) is 2. The lowest BCUT2D eigenvalue weighted by atomic mass is 10.4. The minimum atomic E-state index is -0.00747. The molecule has 1 amide bonds. The Morgan fingerprint density at radius 1 is 1.33 bits per heavy atom. The topological polar surface area (TPSA) is 66.9 Å². The van der Waals surface area contributed by atoms with Gasteiger partial charge in [-0.15, -0.1) is 0 Å². The normalized spacial score (nSPS) is 10.0. The van der Waals surface area contributed by atoms with E-state index in [0.29, 0.717) is 13.1 Å². The highest BCUT2D eigenvalue weighted by Gasteiger charge is 1.94. The molecule has 1 heterocycles. The van der Waals surface area contributed by atoms with Crippen LogP contribution in [0.4, 0.5) is 0 Å². The summed E-state index contributed by atoms with van der Waals surface area (Å²) in [7, 11) is 0. The predicted molar refractivity (Wildman–Crippen MR) is 57.2 cm³/mol. The molecular formula is C10H16N4O. The van der Waals surface area contributed by atoms with Crippen LogP contribution in [-0.2, 0) is 11.3 Å². The molecule has 5 heteroatoms. The molecule has 0 aliphatic rings. The maximum Gasteiger partial charge on any atom is 0.216 e. The van der Waals surface area contributed by atoms with Gasteiger partial charge in [0.15, 0.2) is 0 Å². The zero-order valence-electron chi connectivity index (χ0n) is 9.08. The van der Waals surface area contributed by atoms with E-state index in [0.717, 1.165) is 17.9 Å². The largest absolute Gasteiger partial charge is 0.355 e. The summed E-state index contributed by atoms with van der Waals surface area (Å²) in [5.74, 6) is -0.00747. The van der Waals surface area contributed by atoms with Crippen LogP contribution in [0.3, 0.4) is 0 Å². The van der Waals surface area contributed by atoms with Gasteiger partial charge in [0.2, 0.25) is 5.91 Å². The standard InChI is InChI=1S/C10H16N4O/c1-8-5-14-10(7-13-8)6-11-3-4-12-9(2)15/h5,7,11H,3-4,6H2,1-2H3,(H,12,15). The second-order valence-electron chi connectivity index (χ2n) is 3.31. The van der Waals surface area contributed by atoms with Gasteiger partial charge in [0.1, 0.15) is 0 Å². The van der Waals surface area contributed by atoms with Crippen LogP contribution in [0.25, 0.3) is 0 Å². The number of amides is 1. The molecule has 0 fully saturated rings. The number of aromatic nitrogens is 2. The zero-order valence-corrected chi connectivity index (χ0v) is 9.08. The quantitative estimate of drug-likeness (QED) is 0.669. The maximum atomic E-state index is 10.6. The Balaban J connectivity index is 2.15. The molecule has 82 valence electrons. The lowest BCUT2D eigenvalue weighted by Gasteiger charge is -2.04. The molecule has 1 rings (SSSR count). The van der Waals surface area contributed by atoms with Crippen molar-refractivity contribution in [2.75, 3.05) is 13.1 Å². The number of hydrogen-bond donors (Lipinski definition) is 2. The average Bonchev–Trinajstić information content (AvgIpc) is 2.20. The van der Waals surface area contributed by atoms with Gasteiger partial charge in [-0.25, -0.2) is 0 Å². The first-order chi connectivity index (χ1) is 7.18. The van der Waals surface area contributed by atoms with Crippen molar-refractivity contribution in [1.29, 1.82) is 0 Å². The zero-order chi connectivity index (χ0) is 11.1. The molecule has 0 atom stereocenters. The summed E-state index contributed by atoms with van der Waals surface area (Å²) >= 11 is 0. The van der Waals surface area contributed by atoms with Gasteiger partial charge in [-0.05, 0) is 6.92 Å². The van der Waals surface area contributed by atoms with Crippen LogP contribution in [0.15, 0.2) is 12.4 Å². The van der Waals surface area contributed by atoms with E-state index in [-0.39, 0.29) is 5.91 Å². The third-order valence-corrected chi connectivity index (χ3v) is 1.82. The van der Waals surface area contributed by atoms with E-state index in [1.807, 2.05) is 6.92 Å². The summed E-state index contributed by atoms with van der Waals surface area (Å²) in [5.41, 5.74) is 1.82. The Hall–Kier alpha value is -1.49. The van der Waals surface area contributed by atoms with Crippen LogP contribution >= 0.6 is 0 Å². The maximum absolute atomic E-state index is 10.6. The molecule has 0 bridgehead atoms. The van der Waals surface area contributed by atoms with Crippen molar-refractivity contribution >= 4 is 5.91 Å². The second kappa shape index (κ2) is 6.08. The van der Waals surface area contributed by atoms with Gasteiger partial charge in [-0.3, -0.25) is 14.8 Å². The SMILES string of the molecule is CC(=O)NCCNCc1cnc(C)cn1. The molecular weight excluding hydrogens is 192 g/mol. The predicted octanol–water partition coefficient (Wildman–Crippen LogP) is 0.0107. The molecule has 1 aromatic heterocycles. The molecule has 5 nitrogen and oxygen atoms in total. The number of carbonyl (C=O) groups is 1. The number of aryl methyl sites for hydroxylation is 1. The summed E-state index contributed by atoms with van der Waals surface area (Å²) < 4.78 is 0. The Morgan fingerprint density at radius 3 is 2.73 bits per heavy atom. The molecule has 0 saturated carbocycles. The molecule has 0 aliphatic carbocycles. The van der Waals surface area contributed by atoms with E-state index < -0.39 is 0 Å². The lowest BCUT2D eigenvalue weighted by molar-refractivity contribution is -0.118. The van der Waals surface area contributed by atoms with E-state index in [9.17, 15) is 4.79 Å². The van der Waals surface area contributed by atoms with Crippen molar-refractivity contribution in [3.8, 4) is 0 Å². The van der Waals surface area contributed by atoms with Gasteiger partial charge < -0.3 is 10.6 Å². The minimum Gasteiger partial charge on any atom is -0.355 e. The molecule has 0 aromatic carbocycles. The van der Waals surface area contributed by atoms with Gasteiger partial charge in [-0.2, -0.15) is 0 Å². The van der Waals surface area contributed by atoms with E-state index in [1.165, 1.54) is 6.92 Å². The van der Waals surface area contributed by atoms with Crippen molar-refractivity contribution in [1.82, 2.24) is 20.6 Å². The number of rotatable bonds is 5. The van der Waals surface area contributed by atoms with Gasteiger partial charge in [-0.1, -0.05) is 0 Å². The van der Waals surface area contributed by atoms with Crippen LogP contribution in [0, 0.1) is 6.92 Å². The molecule has 0 aliphatic heterocycles. The summed E-state index contributed by atoms with van der Waals surface area (Å²) in [4.78, 5) is 18.9. The summed E-state index contributed by atoms with van der Waals surface area (Å²) in [6, 6.07) is 0. The van der Waals surface area contributed by atoms with Crippen LogP contribution < -0.4 is 10.6 Å². The van der Waals surface area contributed by atoms with Gasteiger partial charge in [0.05, 0.1) is 11.4 Å². The van der Waals surface area contributed by atoms with Crippen LogP contribution in [0.1, 0.15) is 18.3 Å². The Labute approximate surface area is 89.3 Å². The highest BCUT2D eigenvalue weighted by Crippen LogP contribution is 1.92. The molecule has 0 saturated heterocycles. The smallest absolute Gasteiger partial charge is 0.216 e. The lowest BCUT2D eigenvalue weighted by Crippen LogP contribution is -2.30. The fraction of sp³-hybridized carbons (Fsp3) is 0.500.